The maximum Gasteiger partial charge on any atom is 0.224 e. The van der Waals surface area contributed by atoms with Crippen molar-refractivity contribution in [3.8, 4) is 5.69 Å². The average molecular weight is 272 g/mol. The number of aryl methyl sites for hydroxylation is 1. The lowest BCUT2D eigenvalue weighted by atomic mass is 9.99. The summed E-state index contributed by atoms with van der Waals surface area (Å²) in [6.07, 6.45) is 2.12. The number of nitrogens with one attached hydrogen (secondary N) is 2. The van der Waals surface area contributed by atoms with E-state index in [2.05, 4.69) is 26.2 Å². The molecule has 1 aliphatic heterocycles. The first kappa shape index (κ1) is 12.7. The Bertz CT molecular complexity index is 605. The highest BCUT2D eigenvalue weighted by Crippen LogP contribution is 2.18. The number of tetrazole rings is 1. The van der Waals surface area contributed by atoms with E-state index >= 15 is 0 Å². The summed E-state index contributed by atoms with van der Waals surface area (Å²) in [6, 6.07) is 5.68. The van der Waals surface area contributed by atoms with E-state index in [9.17, 15) is 4.79 Å². The molecule has 2 heterocycles. The van der Waals surface area contributed by atoms with Crippen LogP contribution in [0.5, 0.6) is 0 Å². The molecule has 0 bridgehead atoms. The van der Waals surface area contributed by atoms with Gasteiger partial charge in [-0.15, -0.1) is 5.10 Å². The van der Waals surface area contributed by atoms with Crippen LogP contribution in [0.1, 0.15) is 12.0 Å². The third kappa shape index (κ3) is 2.67. The lowest BCUT2D eigenvalue weighted by Crippen LogP contribution is -2.43. The summed E-state index contributed by atoms with van der Waals surface area (Å²) in [4.78, 5) is 11.9. The van der Waals surface area contributed by atoms with Gasteiger partial charge in [-0.2, -0.15) is 0 Å². The second-order valence-electron chi connectivity index (χ2n) is 5.03. The van der Waals surface area contributed by atoms with Crippen molar-refractivity contribution in [3.63, 3.8) is 0 Å². The number of nitrogens with zero attached hydrogens (tertiary/aromatic N) is 4. The molecule has 0 aliphatic carbocycles. The van der Waals surface area contributed by atoms with Crippen LogP contribution in [-0.4, -0.2) is 39.2 Å². The number of aromatic nitrogens is 4. The second-order valence-corrected chi connectivity index (χ2v) is 5.03. The van der Waals surface area contributed by atoms with Crippen molar-refractivity contribution in [2.75, 3.05) is 18.4 Å². The van der Waals surface area contributed by atoms with Gasteiger partial charge in [0.1, 0.15) is 6.33 Å². The highest BCUT2D eigenvalue weighted by Gasteiger charge is 2.20. The molecule has 0 radical (unpaired) electrons. The smallest absolute Gasteiger partial charge is 0.224 e. The molecule has 2 aromatic rings. The first-order valence-electron chi connectivity index (χ1n) is 6.57. The number of anilines is 1. The van der Waals surface area contributed by atoms with Gasteiger partial charge in [0.05, 0.1) is 5.69 Å². The molecular formula is C13H16N6O. The fourth-order valence-corrected chi connectivity index (χ4v) is 2.23. The van der Waals surface area contributed by atoms with Crippen molar-refractivity contribution < 1.29 is 4.79 Å². The first-order valence-corrected chi connectivity index (χ1v) is 6.57. The fourth-order valence-electron chi connectivity index (χ4n) is 2.23. The molecule has 0 atom stereocenters. The van der Waals surface area contributed by atoms with Crippen molar-refractivity contribution in [1.29, 1.82) is 0 Å². The van der Waals surface area contributed by atoms with Crippen LogP contribution >= 0.6 is 0 Å². The highest BCUT2D eigenvalue weighted by atomic mass is 16.1. The predicted molar refractivity (Wildman–Crippen MR) is 73.5 cm³/mol. The molecule has 20 heavy (non-hydrogen) atoms. The van der Waals surface area contributed by atoms with Gasteiger partial charge in [-0.25, -0.2) is 4.68 Å². The van der Waals surface area contributed by atoms with Crippen molar-refractivity contribution in [1.82, 2.24) is 25.5 Å². The molecular weight excluding hydrogens is 256 g/mol. The normalized spacial score (nSPS) is 14.8. The van der Waals surface area contributed by atoms with Gasteiger partial charge in [-0.1, -0.05) is 0 Å². The van der Waals surface area contributed by atoms with E-state index in [1.54, 1.807) is 11.0 Å². The molecule has 2 N–H and O–H groups in total. The predicted octanol–water partition coefficient (Wildman–Crippen LogP) is 0.519. The Hall–Kier alpha value is -2.28. The summed E-state index contributed by atoms with van der Waals surface area (Å²) in [5, 5.41) is 17.2. The van der Waals surface area contributed by atoms with E-state index in [1.807, 2.05) is 25.1 Å². The zero-order chi connectivity index (χ0) is 13.9. The van der Waals surface area contributed by atoms with Gasteiger partial charge in [0, 0.05) is 12.1 Å². The Balaban J connectivity index is 1.68. The number of carbonyl (C=O) groups excluding carboxylic acids is 1. The fraction of sp³-hybridized carbons (Fsp3) is 0.385. The van der Waals surface area contributed by atoms with Gasteiger partial charge in [0.25, 0.3) is 0 Å². The monoisotopic (exact) mass is 272 g/mol. The van der Waals surface area contributed by atoms with Gasteiger partial charge >= 0.3 is 0 Å². The third-order valence-electron chi connectivity index (χ3n) is 3.42. The molecule has 1 aromatic heterocycles. The quantitative estimate of drug-likeness (QED) is 0.847. The first-order chi connectivity index (χ1) is 9.72. The molecule has 0 spiro atoms. The van der Waals surface area contributed by atoms with Crippen LogP contribution in [-0.2, 0) is 4.79 Å². The van der Waals surface area contributed by atoms with E-state index in [4.69, 9.17) is 0 Å². The Kier molecular flexibility index (Phi) is 3.42. The van der Waals surface area contributed by atoms with E-state index in [1.165, 1.54) is 0 Å². The highest BCUT2D eigenvalue weighted by molar-refractivity contribution is 5.91. The lowest BCUT2D eigenvalue weighted by Gasteiger charge is -2.26. The zero-order valence-corrected chi connectivity index (χ0v) is 11.2. The minimum absolute atomic E-state index is 0.0612. The number of amides is 1. The van der Waals surface area contributed by atoms with Crippen molar-refractivity contribution in [2.24, 2.45) is 5.92 Å². The standard InChI is InChI=1S/C13H16N6O/c1-9-4-11(16-13(20)5-10-6-14-7-10)2-3-12(9)19-8-15-17-18-19/h2-4,8,10,14H,5-7H2,1H3,(H,16,20). The van der Waals surface area contributed by atoms with Gasteiger partial charge in [0.2, 0.25) is 5.91 Å². The molecule has 7 nitrogen and oxygen atoms in total. The van der Waals surface area contributed by atoms with E-state index in [0.29, 0.717) is 12.3 Å². The van der Waals surface area contributed by atoms with Gasteiger partial charge < -0.3 is 10.6 Å². The molecule has 0 unspecified atom stereocenters. The summed E-state index contributed by atoms with van der Waals surface area (Å²) in [6.45, 7) is 3.83. The maximum absolute atomic E-state index is 11.9. The average Bonchev–Trinajstić information content (AvgIpc) is 2.88. The number of hydrogen-bond acceptors (Lipinski definition) is 5. The summed E-state index contributed by atoms with van der Waals surface area (Å²) >= 11 is 0. The molecule has 1 amide bonds. The van der Waals surface area contributed by atoms with Crippen molar-refractivity contribution in [2.45, 2.75) is 13.3 Å². The number of benzene rings is 1. The molecule has 104 valence electrons. The Morgan fingerprint density at radius 1 is 1.50 bits per heavy atom. The summed E-state index contributed by atoms with van der Waals surface area (Å²) in [5.74, 6) is 0.530. The van der Waals surface area contributed by atoms with Gasteiger partial charge in [0.15, 0.2) is 0 Å². The summed E-state index contributed by atoms with van der Waals surface area (Å²) in [7, 11) is 0. The second kappa shape index (κ2) is 5.38. The minimum atomic E-state index is 0.0612. The van der Waals surface area contributed by atoms with Crippen LogP contribution in [0, 0.1) is 12.8 Å². The van der Waals surface area contributed by atoms with Gasteiger partial charge in [-0.3, -0.25) is 4.79 Å². The van der Waals surface area contributed by atoms with Crippen molar-refractivity contribution >= 4 is 11.6 Å². The molecule has 1 saturated heterocycles. The number of carbonyl (C=O) groups is 1. The van der Waals surface area contributed by atoms with Crippen LogP contribution in [0.2, 0.25) is 0 Å². The number of hydrogen-bond donors (Lipinski definition) is 2. The van der Waals surface area contributed by atoms with Crippen molar-refractivity contribution in [3.05, 3.63) is 30.1 Å². The van der Waals surface area contributed by atoms with Crippen LogP contribution in [0.4, 0.5) is 5.69 Å². The maximum atomic E-state index is 11.9. The SMILES string of the molecule is Cc1cc(NC(=O)CC2CNC2)ccc1-n1cnnn1. The van der Waals surface area contributed by atoms with Crippen LogP contribution < -0.4 is 10.6 Å². The van der Waals surface area contributed by atoms with Crippen LogP contribution in [0.25, 0.3) is 5.69 Å². The Morgan fingerprint density at radius 3 is 2.95 bits per heavy atom. The van der Waals surface area contributed by atoms with E-state index in [-0.39, 0.29) is 5.91 Å². The van der Waals surface area contributed by atoms with E-state index in [0.717, 1.165) is 30.0 Å². The lowest BCUT2D eigenvalue weighted by molar-refractivity contribution is -0.117. The largest absolute Gasteiger partial charge is 0.326 e. The van der Waals surface area contributed by atoms with Crippen LogP contribution in [0.15, 0.2) is 24.5 Å². The Labute approximate surface area is 116 Å². The summed E-state index contributed by atoms with van der Waals surface area (Å²) in [5.41, 5.74) is 2.70. The molecule has 3 rings (SSSR count). The number of rotatable bonds is 4. The molecule has 7 heteroatoms. The molecule has 1 aromatic carbocycles. The molecule has 0 saturated carbocycles. The van der Waals surface area contributed by atoms with Crippen LogP contribution in [0.3, 0.4) is 0 Å². The Morgan fingerprint density at radius 2 is 2.35 bits per heavy atom. The summed E-state index contributed by atoms with van der Waals surface area (Å²) < 4.78 is 1.60. The third-order valence-corrected chi connectivity index (χ3v) is 3.42. The molecule has 1 fully saturated rings. The van der Waals surface area contributed by atoms with E-state index < -0.39 is 0 Å². The van der Waals surface area contributed by atoms with Gasteiger partial charge in [-0.05, 0) is 60.1 Å². The topological polar surface area (TPSA) is 84.7 Å². The minimum Gasteiger partial charge on any atom is -0.326 e. The zero-order valence-electron chi connectivity index (χ0n) is 11.2. The molecule has 1 aliphatic rings.